The Kier molecular flexibility index (Phi) is 25.0. The number of hydrogen-bond acceptors (Lipinski definition) is 4. The number of unbranched alkanes of at least 4 members (excludes halogenated alkanes) is 17. The van der Waals surface area contributed by atoms with Gasteiger partial charge in [-0.15, -0.1) is 0 Å². The molecule has 0 aromatic carbocycles. The van der Waals surface area contributed by atoms with Gasteiger partial charge >= 0.3 is 51.4 Å². The van der Waals surface area contributed by atoms with Crippen molar-refractivity contribution in [1.82, 2.24) is 0 Å². The molecule has 1 atom stereocenters. The summed E-state index contributed by atoms with van der Waals surface area (Å²) in [6.07, 6.45) is 22.5. The van der Waals surface area contributed by atoms with Crippen molar-refractivity contribution in [3.63, 3.8) is 0 Å². The third-order valence-corrected chi connectivity index (χ3v) is 7.40. The van der Waals surface area contributed by atoms with Gasteiger partial charge in [-0.2, -0.15) is 0 Å². The summed E-state index contributed by atoms with van der Waals surface area (Å²) in [6.45, 7) is 4.27. The maximum atomic E-state index is 11.4. The van der Waals surface area contributed by atoms with E-state index in [1.807, 2.05) is 6.92 Å². The van der Waals surface area contributed by atoms with Gasteiger partial charge in [0.25, 0.3) is 0 Å². The Balaban J connectivity index is 0. The normalized spacial score (nSPS) is 13.7. The number of rotatable bonds is 22. The van der Waals surface area contributed by atoms with Crippen LogP contribution in [0, 0.1) is 0 Å². The van der Waals surface area contributed by atoms with Crippen LogP contribution in [0.3, 0.4) is 0 Å². The molecule has 6 heteroatoms. The van der Waals surface area contributed by atoms with Crippen LogP contribution in [0.25, 0.3) is 0 Å². The van der Waals surface area contributed by atoms with Crippen molar-refractivity contribution in [3.8, 4) is 0 Å². The quantitative estimate of drug-likeness (QED) is 0.143. The second-order valence-corrected chi connectivity index (χ2v) is 10.6. The largest absolute Gasteiger partial charge is 1.00 e. The first kappa shape index (κ1) is 33.7. The van der Waals surface area contributed by atoms with Gasteiger partial charge in [0.1, 0.15) is 10.1 Å². The van der Waals surface area contributed by atoms with E-state index in [9.17, 15) is 18.1 Å². The van der Waals surface area contributed by atoms with Gasteiger partial charge in [-0.25, -0.2) is 8.42 Å². The van der Waals surface area contributed by atoms with E-state index in [-0.39, 0.29) is 64.2 Å². The topological polar surface area (TPSA) is 77.4 Å². The summed E-state index contributed by atoms with van der Waals surface area (Å²) < 4.78 is 34.3. The molecule has 0 aromatic heterocycles. The summed E-state index contributed by atoms with van der Waals surface area (Å²) in [4.78, 5) is -2.06. The van der Waals surface area contributed by atoms with Gasteiger partial charge in [0, 0.05) is 0 Å². The molecule has 0 aliphatic rings. The van der Waals surface area contributed by atoms with Crippen LogP contribution in [0.15, 0.2) is 0 Å². The van der Waals surface area contributed by atoms with E-state index in [0.29, 0.717) is 12.8 Å². The van der Waals surface area contributed by atoms with Crippen molar-refractivity contribution in [1.29, 1.82) is 0 Å². The molecule has 0 fully saturated rings. The molecule has 1 unspecified atom stereocenters. The van der Waals surface area contributed by atoms with E-state index in [1.54, 1.807) is 0 Å². The van der Waals surface area contributed by atoms with Gasteiger partial charge in [-0.3, -0.25) is 0 Å². The fraction of sp³-hybridized carbons (Fsp3) is 1.00. The predicted octanol–water partition coefficient (Wildman–Crippen LogP) is 4.46. The van der Waals surface area contributed by atoms with Crippen molar-refractivity contribution in [2.24, 2.45) is 0 Å². The second-order valence-electron chi connectivity index (χ2n) is 8.91. The zero-order valence-corrected chi connectivity index (χ0v) is 24.4. The maximum absolute atomic E-state index is 11.4. The molecule has 0 saturated carbocycles. The summed E-state index contributed by atoms with van der Waals surface area (Å²) >= 11 is 0. The summed E-state index contributed by atoms with van der Waals surface area (Å²) in [6, 6.07) is 0. The SMILES string of the molecule is CCCCCCCCCCCCCCCCCCC(O)(CCCCC)S(=O)(=O)[O-].[K+]. The zero-order chi connectivity index (χ0) is 21.8. The molecular weight excluding hydrogens is 423 g/mol. The van der Waals surface area contributed by atoms with Crippen molar-refractivity contribution in [2.45, 2.75) is 154 Å². The van der Waals surface area contributed by atoms with E-state index < -0.39 is 15.1 Å². The van der Waals surface area contributed by atoms with Crippen molar-refractivity contribution >= 4 is 10.1 Å². The minimum Gasteiger partial charge on any atom is -0.746 e. The summed E-state index contributed by atoms with van der Waals surface area (Å²) in [5.41, 5.74) is 0. The van der Waals surface area contributed by atoms with Gasteiger partial charge in [0.2, 0.25) is 0 Å². The fourth-order valence-corrected chi connectivity index (χ4v) is 4.76. The second kappa shape index (κ2) is 22.3. The molecule has 0 saturated heterocycles. The Morgan fingerprint density at radius 2 is 0.800 bits per heavy atom. The molecule has 0 radical (unpaired) electrons. The molecule has 0 spiro atoms. The van der Waals surface area contributed by atoms with Crippen LogP contribution < -0.4 is 51.4 Å². The standard InChI is InChI=1S/C24H50O4S.K/c1-3-5-7-8-9-10-11-12-13-14-15-16-17-18-19-21-23-24(25,29(26,27)28)22-20-6-4-2;/h25H,3-23H2,1-2H3,(H,26,27,28);/q;+1/p-1. The summed E-state index contributed by atoms with van der Waals surface area (Å²) in [5, 5.41) is 10.3. The zero-order valence-electron chi connectivity index (χ0n) is 20.4. The Morgan fingerprint density at radius 1 is 0.567 bits per heavy atom. The molecule has 0 heterocycles. The fourth-order valence-electron chi connectivity index (χ4n) is 3.98. The minimum absolute atomic E-state index is 0. The molecule has 0 aliphatic carbocycles. The number of aliphatic hydroxyl groups is 1. The van der Waals surface area contributed by atoms with Crippen LogP contribution in [0.1, 0.15) is 149 Å². The Hall–Kier alpha value is 1.51. The van der Waals surface area contributed by atoms with E-state index in [2.05, 4.69) is 6.92 Å². The first-order valence-electron chi connectivity index (χ1n) is 12.5. The van der Waals surface area contributed by atoms with Gasteiger partial charge < -0.3 is 9.66 Å². The Bertz CT molecular complexity index is 456. The van der Waals surface area contributed by atoms with Crippen molar-refractivity contribution in [3.05, 3.63) is 0 Å². The molecule has 0 aromatic rings. The molecule has 1 N–H and O–H groups in total. The van der Waals surface area contributed by atoms with Crippen LogP contribution in [-0.2, 0) is 10.1 Å². The molecule has 0 aliphatic heterocycles. The van der Waals surface area contributed by atoms with Crippen molar-refractivity contribution in [2.75, 3.05) is 0 Å². The first-order valence-corrected chi connectivity index (χ1v) is 14.0. The average Bonchev–Trinajstić information content (AvgIpc) is 2.67. The molecular formula is C24H49KO4S. The summed E-state index contributed by atoms with van der Waals surface area (Å²) in [5.74, 6) is 0. The first-order chi connectivity index (χ1) is 13.9. The average molecular weight is 473 g/mol. The molecule has 0 rings (SSSR count). The van der Waals surface area contributed by atoms with Crippen molar-refractivity contribution < 1.29 is 69.5 Å². The van der Waals surface area contributed by atoms with E-state index >= 15 is 0 Å². The molecule has 176 valence electrons. The number of hydrogen-bond donors (Lipinski definition) is 1. The molecule has 4 nitrogen and oxygen atoms in total. The third kappa shape index (κ3) is 19.0. The van der Waals surface area contributed by atoms with E-state index in [4.69, 9.17) is 0 Å². The minimum atomic E-state index is -4.66. The van der Waals surface area contributed by atoms with Crippen LogP contribution in [0.4, 0.5) is 0 Å². The van der Waals surface area contributed by atoms with Crippen LogP contribution in [0.5, 0.6) is 0 Å². The van der Waals surface area contributed by atoms with Crippen LogP contribution in [0.2, 0.25) is 0 Å². The van der Waals surface area contributed by atoms with E-state index in [0.717, 1.165) is 32.1 Å². The predicted molar refractivity (Wildman–Crippen MR) is 123 cm³/mol. The van der Waals surface area contributed by atoms with Gasteiger partial charge in [-0.1, -0.05) is 123 Å². The molecule has 0 amide bonds. The van der Waals surface area contributed by atoms with Crippen LogP contribution >= 0.6 is 0 Å². The van der Waals surface area contributed by atoms with Gasteiger partial charge in [0.05, 0.1) is 0 Å². The van der Waals surface area contributed by atoms with Crippen LogP contribution in [-0.4, -0.2) is 23.0 Å². The summed E-state index contributed by atoms with van der Waals surface area (Å²) in [7, 11) is -4.66. The third-order valence-electron chi connectivity index (χ3n) is 6.06. The smallest absolute Gasteiger partial charge is 0.746 e. The Morgan fingerprint density at radius 3 is 1.10 bits per heavy atom. The monoisotopic (exact) mass is 472 g/mol. The molecule has 0 bridgehead atoms. The van der Waals surface area contributed by atoms with Gasteiger partial charge in [0.15, 0.2) is 4.93 Å². The van der Waals surface area contributed by atoms with Gasteiger partial charge in [-0.05, 0) is 25.7 Å². The van der Waals surface area contributed by atoms with E-state index in [1.165, 1.54) is 77.0 Å². The Labute approximate surface area is 230 Å². The molecule has 30 heavy (non-hydrogen) atoms. The maximum Gasteiger partial charge on any atom is 1.00 e.